The molecule has 240 valence electrons. The fourth-order valence-corrected chi connectivity index (χ4v) is 7.04. The Kier molecular flexibility index (Phi) is 9.73. The maximum Gasteiger partial charge on any atom is 0.251 e. The molecular weight excluding hydrogens is 620 g/mol. The van der Waals surface area contributed by atoms with E-state index in [9.17, 15) is 30.8 Å². The van der Waals surface area contributed by atoms with E-state index in [1.165, 1.54) is 28.6 Å². The first-order chi connectivity index (χ1) is 21.3. The number of sulfone groups is 1. The van der Waals surface area contributed by atoms with Crippen molar-refractivity contribution < 1.29 is 30.8 Å². The summed E-state index contributed by atoms with van der Waals surface area (Å²) in [4.78, 5) is 28.7. The second-order valence-electron chi connectivity index (χ2n) is 11.6. The molecule has 2 fully saturated rings. The molecule has 2 aliphatic rings. The number of halogens is 1. The van der Waals surface area contributed by atoms with E-state index in [1.54, 1.807) is 53.4 Å². The van der Waals surface area contributed by atoms with E-state index < -0.39 is 31.8 Å². The Morgan fingerprint density at radius 2 is 1.42 bits per heavy atom. The molecule has 0 bridgehead atoms. The fraction of sp³-hybridized carbons (Fsp3) is 0.375. The van der Waals surface area contributed by atoms with Crippen LogP contribution in [0.3, 0.4) is 0 Å². The van der Waals surface area contributed by atoms with E-state index in [-0.39, 0.29) is 54.8 Å². The van der Waals surface area contributed by atoms with Gasteiger partial charge in [-0.1, -0.05) is 36.4 Å². The van der Waals surface area contributed by atoms with Gasteiger partial charge in [-0.2, -0.15) is 4.31 Å². The standard InChI is InChI=1S/C32H37FN4O6S2/c1-44(40,41)27-13-9-23(10-14-27)22-3-5-25(6-4-22)31(38)35-29(32(39)36-17-19-37(20-18-36)45(2,42)43)15-16-34-30-21-28(30)24-7-11-26(33)12-8-24/h3-14,28-30,34H,15-21H2,1-2H3,(H,35,38)/t28-,29-,30?/m0/s1. The van der Waals surface area contributed by atoms with Crippen molar-refractivity contribution in [3.8, 4) is 11.1 Å². The Bertz CT molecular complexity index is 1740. The third-order valence-corrected chi connectivity index (χ3v) is 10.7. The minimum atomic E-state index is -3.36. The number of hydrogen-bond donors (Lipinski definition) is 2. The molecule has 2 N–H and O–H groups in total. The lowest BCUT2D eigenvalue weighted by molar-refractivity contribution is -0.134. The largest absolute Gasteiger partial charge is 0.340 e. The Balaban J connectivity index is 1.23. The first-order valence-corrected chi connectivity index (χ1v) is 18.5. The minimum absolute atomic E-state index is 0.192. The molecule has 0 aromatic heterocycles. The highest BCUT2D eigenvalue weighted by Crippen LogP contribution is 2.40. The van der Waals surface area contributed by atoms with Crippen molar-refractivity contribution in [3.05, 3.63) is 89.7 Å². The van der Waals surface area contributed by atoms with Crippen LogP contribution in [0.1, 0.15) is 34.7 Å². The molecule has 10 nitrogen and oxygen atoms in total. The molecule has 2 amide bonds. The van der Waals surface area contributed by atoms with Gasteiger partial charge in [0.1, 0.15) is 11.9 Å². The predicted molar refractivity (Wildman–Crippen MR) is 169 cm³/mol. The van der Waals surface area contributed by atoms with Crippen LogP contribution < -0.4 is 10.6 Å². The van der Waals surface area contributed by atoms with E-state index in [0.717, 1.165) is 35.6 Å². The number of nitrogens with zero attached hydrogens (tertiary/aromatic N) is 2. The summed E-state index contributed by atoms with van der Waals surface area (Å²) in [5.74, 6) is -0.708. The molecule has 13 heteroatoms. The topological polar surface area (TPSA) is 133 Å². The Morgan fingerprint density at radius 3 is 1.98 bits per heavy atom. The molecular formula is C32H37FN4O6S2. The zero-order valence-electron chi connectivity index (χ0n) is 25.1. The molecule has 0 spiro atoms. The molecule has 1 heterocycles. The van der Waals surface area contributed by atoms with Gasteiger partial charge in [0.05, 0.1) is 11.2 Å². The molecule has 3 aromatic carbocycles. The van der Waals surface area contributed by atoms with Crippen LogP contribution in [-0.4, -0.2) is 95.2 Å². The Hall–Kier alpha value is -3.65. The van der Waals surface area contributed by atoms with Crippen molar-refractivity contribution in [2.24, 2.45) is 0 Å². The lowest BCUT2D eigenvalue weighted by atomic mass is 10.0. The SMILES string of the molecule is CS(=O)(=O)c1ccc(-c2ccc(C(=O)N[C@@H](CCNC3C[C@H]3c3ccc(F)cc3)C(=O)N3CCN(S(C)(=O)=O)CC3)cc2)cc1. The van der Waals surface area contributed by atoms with Gasteiger partial charge in [-0.25, -0.2) is 21.2 Å². The quantitative estimate of drug-likeness (QED) is 0.324. The highest BCUT2D eigenvalue weighted by Gasteiger charge is 2.38. The average Bonchev–Trinajstić information content (AvgIpc) is 3.79. The molecule has 3 aromatic rings. The second kappa shape index (κ2) is 13.4. The lowest BCUT2D eigenvalue weighted by Gasteiger charge is -2.35. The van der Waals surface area contributed by atoms with Gasteiger partial charge in [-0.3, -0.25) is 9.59 Å². The van der Waals surface area contributed by atoms with E-state index in [2.05, 4.69) is 10.6 Å². The third kappa shape index (κ3) is 8.34. The summed E-state index contributed by atoms with van der Waals surface area (Å²) in [5, 5.41) is 6.33. The van der Waals surface area contributed by atoms with E-state index in [0.29, 0.717) is 18.5 Å². The van der Waals surface area contributed by atoms with Gasteiger partial charge in [-0.05, 0) is 72.5 Å². The summed E-state index contributed by atoms with van der Waals surface area (Å²) in [6.45, 7) is 1.31. The molecule has 1 aliphatic heterocycles. The van der Waals surface area contributed by atoms with Crippen molar-refractivity contribution in [3.63, 3.8) is 0 Å². The van der Waals surface area contributed by atoms with Crippen LogP contribution in [0.25, 0.3) is 11.1 Å². The number of benzene rings is 3. The maximum atomic E-state index is 13.6. The van der Waals surface area contributed by atoms with E-state index >= 15 is 0 Å². The normalized spacial score (nSPS) is 19.6. The number of carbonyl (C=O) groups is 2. The molecule has 5 rings (SSSR count). The minimum Gasteiger partial charge on any atom is -0.340 e. The van der Waals surface area contributed by atoms with Crippen molar-refractivity contribution in [1.82, 2.24) is 19.8 Å². The van der Waals surface area contributed by atoms with Gasteiger partial charge in [-0.15, -0.1) is 0 Å². The molecule has 1 saturated heterocycles. The molecule has 1 saturated carbocycles. The summed E-state index contributed by atoms with van der Waals surface area (Å²) in [7, 11) is -6.67. The summed E-state index contributed by atoms with van der Waals surface area (Å²) in [6.07, 6.45) is 3.52. The highest BCUT2D eigenvalue weighted by molar-refractivity contribution is 7.90. The van der Waals surface area contributed by atoms with Crippen LogP contribution in [0.2, 0.25) is 0 Å². The zero-order valence-corrected chi connectivity index (χ0v) is 26.8. The van der Waals surface area contributed by atoms with Crippen molar-refractivity contribution in [2.45, 2.75) is 35.7 Å². The van der Waals surface area contributed by atoms with Crippen molar-refractivity contribution >= 4 is 31.7 Å². The van der Waals surface area contributed by atoms with Gasteiger partial charge < -0.3 is 15.5 Å². The smallest absolute Gasteiger partial charge is 0.251 e. The van der Waals surface area contributed by atoms with Crippen molar-refractivity contribution in [2.75, 3.05) is 45.2 Å². The van der Waals surface area contributed by atoms with Crippen LogP contribution in [0.15, 0.2) is 77.7 Å². The predicted octanol–water partition coefficient (Wildman–Crippen LogP) is 2.63. The molecule has 1 unspecified atom stereocenters. The van der Waals surface area contributed by atoms with Crippen molar-refractivity contribution in [1.29, 1.82) is 0 Å². The number of sulfonamides is 1. The number of hydrogen-bond acceptors (Lipinski definition) is 7. The van der Waals surface area contributed by atoms with Crippen LogP contribution in [0.5, 0.6) is 0 Å². The molecule has 1 aliphatic carbocycles. The monoisotopic (exact) mass is 656 g/mol. The molecule has 3 atom stereocenters. The highest BCUT2D eigenvalue weighted by atomic mass is 32.2. The maximum absolute atomic E-state index is 13.6. The Morgan fingerprint density at radius 1 is 0.844 bits per heavy atom. The summed E-state index contributed by atoms with van der Waals surface area (Å²) in [5.41, 5.74) is 3.00. The number of nitrogens with one attached hydrogen (secondary N) is 2. The first-order valence-electron chi connectivity index (χ1n) is 14.7. The van der Waals surface area contributed by atoms with Gasteiger partial charge in [0, 0.05) is 50.0 Å². The van der Waals surface area contributed by atoms with Crippen LogP contribution in [0.4, 0.5) is 4.39 Å². The number of piperazine rings is 1. The van der Waals surface area contributed by atoms with Crippen LogP contribution in [-0.2, 0) is 24.7 Å². The second-order valence-corrected chi connectivity index (χ2v) is 15.6. The molecule has 0 radical (unpaired) electrons. The van der Waals surface area contributed by atoms with E-state index in [4.69, 9.17) is 0 Å². The van der Waals surface area contributed by atoms with Crippen LogP contribution >= 0.6 is 0 Å². The number of rotatable bonds is 11. The Labute approximate surface area is 263 Å². The average molecular weight is 657 g/mol. The number of carbonyl (C=O) groups excluding carboxylic acids is 2. The lowest BCUT2D eigenvalue weighted by Crippen LogP contribution is -2.56. The fourth-order valence-electron chi connectivity index (χ4n) is 5.58. The third-order valence-electron chi connectivity index (χ3n) is 8.31. The van der Waals surface area contributed by atoms with Crippen LogP contribution in [0, 0.1) is 5.82 Å². The van der Waals surface area contributed by atoms with Gasteiger partial charge in [0.15, 0.2) is 9.84 Å². The summed E-state index contributed by atoms with van der Waals surface area (Å²) in [6, 6.07) is 19.1. The number of amides is 2. The summed E-state index contributed by atoms with van der Waals surface area (Å²) >= 11 is 0. The van der Waals surface area contributed by atoms with Gasteiger partial charge in [0.25, 0.3) is 5.91 Å². The van der Waals surface area contributed by atoms with Gasteiger partial charge >= 0.3 is 0 Å². The molecule has 45 heavy (non-hydrogen) atoms. The zero-order chi connectivity index (χ0) is 32.4. The summed E-state index contributed by atoms with van der Waals surface area (Å²) < 4.78 is 62.0. The first kappa shape index (κ1) is 32.7. The van der Waals surface area contributed by atoms with Gasteiger partial charge in [0.2, 0.25) is 15.9 Å². The van der Waals surface area contributed by atoms with E-state index in [1.807, 2.05) is 0 Å².